The molecule has 1 aromatic heterocycles. The summed E-state index contributed by atoms with van der Waals surface area (Å²) >= 11 is 0. The Morgan fingerprint density at radius 2 is 2.45 bits per heavy atom. The molecule has 0 atom stereocenters. The Kier molecular flexibility index (Phi) is 1.66. The van der Waals surface area contributed by atoms with E-state index in [1.807, 2.05) is 6.20 Å². The normalized spacial score (nSPS) is 17.5. The second-order valence-electron chi connectivity index (χ2n) is 3.00. The van der Waals surface area contributed by atoms with Crippen LogP contribution < -0.4 is 5.32 Å². The molecule has 0 fully saturated rings. The van der Waals surface area contributed by atoms with Crippen LogP contribution in [0.1, 0.15) is 11.3 Å². The van der Waals surface area contributed by atoms with Gasteiger partial charge in [0.1, 0.15) is 0 Å². The topological polar surface area (TPSA) is 29.9 Å². The second-order valence-corrected chi connectivity index (χ2v) is 3.00. The quantitative estimate of drug-likeness (QED) is 0.579. The van der Waals surface area contributed by atoms with Crippen LogP contribution in [0.3, 0.4) is 0 Å². The minimum atomic E-state index is 1.02. The average Bonchev–Trinajstić information content (AvgIpc) is 2.25. The summed E-state index contributed by atoms with van der Waals surface area (Å²) in [5.41, 5.74) is 2.73. The van der Waals surface area contributed by atoms with Crippen molar-refractivity contribution in [1.29, 1.82) is 0 Å². The van der Waals surface area contributed by atoms with E-state index in [2.05, 4.69) is 22.0 Å². The fourth-order valence-electron chi connectivity index (χ4n) is 1.54. The van der Waals surface area contributed by atoms with Crippen LogP contribution in [0.5, 0.6) is 0 Å². The smallest absolute Gasteiger partial charge is 0.0537 e. The highest BCUT2D eigenvalue weighted by molar-refractivity contribution is 5.16. The van der Waals surface area contributed by atoms with Gasteiger partial charge >= 0.3 is 0 Å². The summed E-state index contributed by atoms with van der Waals surface area (Å²) in [6.45, 7) is 5.29. The Bertz CT molecular complexity index is 252. The van der Waals surface area contributed by atoms with Gasteiger partial charge in [0.2, 0.25) is 0 Å². The van der Waals surface area contributed by atoms with Crippen LogP contribution in [0.4, 0.5) is 0 Å². The number of fused-ring (bicyclic) bond motifs is 1. The van der Waals surface area contributed by atoms with Crippen molar-refractivity contribution in [2.45, 2.75) is 19.9 Å². The Balaban J connectivity index is 2.35. The molecule has 0 spiro atoms. The summed E-state index contributed by atoms with van der Waals surface area (Å²) in [6.07, 6.45) is 3.08. The summed E-state index contributed by atoms with van der Waals surface area (Å²) in [6, 6.07) is 0. The molecule has 0 amide bonds. The first-order valence-electron chi connectivity index (χ1n) is 4.10. The number of nitrogens with zero attached hydrogens (tertiary/aromatic N) is 2. The van der Waals surface area contributed by atoms with Gasteiger partial charge in [0.15, 0.2) is 0 Å². The van der Waals surface area contributed by atoms with Crippen molar-refractivity contribution in [3.8, 4) is 0 Å². The molecule has 1 aliphatic rings. The second kappa shape index (κ2) is 2.66. The molecule has 2 rings (SSSR count). The van der Waals surface area contributed by atoms with Crippen molar-refractivity contribution in [3.63, 3.8) is 0 Å². The number of aromatic nitrogens is 2. The van der Waals surface area contributed by atoms with E-state index < -0.39 is 0 Å². The zero-order valence-electron chi connectivity index (χ0n) is 6.80. The molecule has 1 aliphatic heterocycles. The first kappa shape index (κ1) is 6.85. The van der Waals surface area contributed by atoms with Crippen LogP contribution in [0.25, 0.3) is 0 Å². The molecule has 1 N–H and O–H groups in total. The molecule has 0 saturated carbocycles. The van der Waals surface area contributed by atoms with E-state index >= 15 is 0 Å². The standard InChI is InChI=1S/C8H13N3/c1-7-6-10-11-5-4-9-3-2-8(7)11/h6,9H,2-5H2,1H3. The van der Waals surface area contributed by atoms with Gasteiger partial charge in [-0.15, -0.1) is 0 Å². The SMILES string of the molecule is Cc1cnn2c1CCNCC2. The Hall–Kier alpha value is -0.830. The van der Waals surface area contributed by atoms with Gasteiger partial charge in [-0.2, -0.15) is 5.10 Å². The summed E-state index contributed by atoms with van der Waals surface area (Å²) < 4.78 is 2.11. The van der Waals surface area contributed by atoms with Crippen LogP contribution in [0.15, 0.2) is 6.20 Å². The third kappa shape index (κ3) is 1.16. The van der Waals surface area contributed by atoms with Gasteiger partial charge in [-0.05, 0) is 12.5 Å². The lowest BCUT2D eigenvalue weighted by Gasteiger charge is -2.00. The van der Waals surface area contributed by atoms with E-state index in [0.717, 1.165) is 26.1 Å². The van der Waals surface area contributed by atoms with Gasteiger partial charge in [0.05, 0.1) is 12.7 Å². The van der Waals surface area contributed by atoms with Crippen LogP contribution in [0, 0.1) is 6.92 Å². The van der Waals surface area contributed by atoms with Crippen molar-refractivity contribution >= 4 is 0 Å². The Morgan fingerprint density at radius 3 is 3.36 bits per heavy atom. The van der Waals surface area contributed by atoms with E-state index in [1.54, 1.807) is 0 Å². The van der Waals surface area contributed by atoms with Gasteiger partial charge < -0.3 is 5.32 Å². The minimum absolute atomic E-state index is 1.02. The molecule has 2 heterocycles. The molecular formula is C8H13N3. The first-order valence-corrected chi connectivity index (χ1v) is 4.10. The molecular weight excluding hydrogens is 138 g/mol. The van der Waals surface area contributed by atoms with Gasteiger partial charge in [0.25, 0.3) is 0 Å². The number of hydrogen-bond acceptors (Lipinski definition) is 2. The van der Waals surface area contributed by atoms with E-state index in [9.17, 15) is 0 Å². The van der Waals surface area contributed by atoms with E-state index in [1.165, 1.54) is 11.3 Å². The predicted molar refractivity (Wildman–Crippen MR) is 43.5 cm³/mol. The molecule has 0 saturated heterocycles. The lowest BCUT2D eigenvalue weighted by atomic mass is 10.2. The molecule has 0 aliphatic carbocycles. The highest BCUT2D eigenvalue weighted by Crippen LogP contribution is 2.08. The Morgan fingerprint density at radius 1 is 1.55 bits per heavy atom. The predicted octanol–water partition coefficient (Wildman–Crippen LogP) is 0.337. The van der Waals surface area contributed by atoms with Crippen LogP contribution in [-0.4, -0.2) is 22.9 Å². The molecule has 11 heavy (non-hydrogen) atoms. The zero-order chi connectivity index (χ0) is 7.68. The van der Waals surface area contributed by atoms with Crippen molar-refractivity contribution < 1.29 is 0 Å². The minimum Gasteiger partial charge on any atom is -0.315 e. The highest BCUT2D eigenvalue weighted by atomic mass is 15.3. The average molecular weight is 151 g/mol. The van der Waals surface area contributed by atoms with Crippen molar-refractivity contribution in [1.82, 2.24) is 15.1 Å². The summed E-state index contributed by atoms with van der Waals surface area (Å²) in [4.78, 5) is 0. The fourth-order valence-corrected chi connectivity index (χ4v) is 1.54. The first-order chi connectivity index (χ1) is 5.38. The zero-order valence-corrected chi connectivity index (χ0v) is 6.80. The summed E-state index contributed by atoms with van der Waals surface area (Å²) in [5, 5.41) is 7.64. The largest absolute Gasteiger partial charge is 0.315 e. The van der Waals surface area contributed by atoms with Crippen LogP contribution >= 0.6 is 0 Å². The monoisotopic (exact) mass is 151 g/mol. The summed E-state index contributed by atoms with van der Waals surface area (Å²) in [7, 11) is 0. The molecule has 0 aromatic carbocycles. The maximum absolute atomic E-state index is 4.29. The number of hydrogen-bond donors (Lipinski definition) is 1. The molecule has 1 aromatic rings. The van der Waals surface area contributed by atoms with E-state index in [4.69, 9.17) is 0 Å². The lowest BCUT2D eigenvalue weighted by Crippen LogP contribution is -2.17. The maximum atomic E-state index is 4.29. The highest BCUT2D eigenvalue weighted by Gasteiger charge is 2.09. The van der Waals surface area contributed by atoms with Crippen molar-refractivity contribution in [2.75, 3.05) is 13.1 Å². The number of aryl methyl sites for hydroxylation is 1. The van der Waals surface area contributed by atoms with Gasteiger partial charge in [0, 0.05) is 25.2 Å². The Labute approximate surface area is 66.4 Å². The van der Waals surface area contributed by atoms with Crippen molar-refractivity contribution in [2.24, 2.45) is 0 Å². The van der Waals surface area contributed by atoms with Gasteiger partial charge in [-0.3, -0.25) is 4.68 Å². The molecule has 60 valence electrons. The fraction of sp³-hybridized carbons (Fsp3) is 0.625. The van der Waals surface area contributed by atoms with Crippen LogP contribution in [-0.2, 0) is 13.0 Å². The molecule has 3 heteroatoms. The van der Waals surface area contributed by atoms with Crippen LogP contribution in [0.2, 0.25) is 0 Å². The number of rotatable bonds is 0. The van der Waals surface area contributed by atoms with Gasteiger partial charge in [-0.25, -0.2) is 0 Å². The third-order valence-electron chi connectivity index (χ3n) is 2.20. The summed E-state index contributed by atoms with van der Waals surface area (Å²) in [5.74, 6) is 0. The molecule has 0 unspecified atom stereocenters. The van der Waals surface area contributed by atoms with E-state index in [0.29, 0.717) is 0 Å². The molecule has 0 radical (unpaired) electrons. The molecule has 3 nitrogen and oxygen atoms in total. The third-order valence-corrected chi connectivity index (χ3v) is 2.20. The molecule has 0 bridgehead atoms. The van der Waals surface area contributed by atoms with Gasteiger partial charge in [-0.1, -0.05) is 0 Å². The van der Waals surface area contributed by atoms with E-state index in [-0.39, 0.29) is 0 Å². The van der Waals surface area contributed by atoms with Crippen molar-refractivity contribution in [3.05, 3.63) is 17.5 Å². The maximum Gasteiger partial charge on any atom is 0.0537 e. The number of nitrogens with one attached hydrogen (secondary N) is 1. The lowest BCUT2D eigenvalue weighted by molar-refractivity contribution is 0.589.